The van der Waals surface area contributed by atoms with Crippen LogP contribution >= 0.6 is 0 Å². The highest BCUT2D eigenvalue weighted by Crippen LogP contribution is 2.22. The second-order valence-corrected chi connectivity index (χ2v) is 5.01. The minimum absolute atomic E-state index is 0.178. The Kier molecular flexibility index (Phi) is 4.00. The molecule has 0 aromatic heterocycles. The molecule has 0 amide bonds. The molecule has 2 aliphatic rings. The molecule has 0 aromatic carbocycles. The summed E-state index contributed by atoms with van der Waals surface area (Å²) in [5.41, 5.74) is 0. The zero-order valence-corrected chi connectivity index (χ0v) is 9.69. The maximum Gasteiger partial charge on any atom is 0.0718 e. The number of likely N-dealkylation sites (tertiary alicyclic amines) is 1. The first-order chi connectivity index (χ1) is 7.29. The van der Waals surface area contributed by atoms with Gasteiger partial charge < -0.3 is 14.7 Å². The summed E-state index contributed by atoms with van der Waals surface area (Å²) in [6.07, 6.45) is 3.44. The molecule has 3 heteroatoms. The highest BCUT2D eigenvalue weighted by atomic mass is 16.5. The SMILES string of the molecule is CCC1CCN(CC(O)C2CCOC2)C1. The first-order valence-corrected chi connectivity index (χ1v) is 6.27. The lowest BCUT2D eigenvalue weighted by atomic mass is 10.0. The Hall–Kier alpha value is -0.120. The van der Waals surface area contributed by atoms with Gasteiger partial charge in [0.2, 0.25) is 0 Å². The van der Waals surface area contributed by atoms with Crippen molar-refractivity contribution in [2.24, 2.45) is 11.8 Å². The van der Waals surface area contributed by atoms with Crippen molar-refractivity contribution in [3.05, 3.63) is 0 Å². The van der Waals surface area contributed by atoms with Gasteiger partial charge in [0.15, 0.2) is 0 Å². The van der Waals surface area contributed by atoms with Gasteiger partial charge in [0.1, 0.15) is 0 Å². The highest BCUT2D eigenvalue weighted by Gasteiger charge is 2.28. The fourth-order valence-corrected chi connectivity index (χ4v) is 2.68. The average Bonchev–Trinajstić information content (AvgIpc) is 2.87. The monoisotopic (exact) mass is 213 g/mol. The number of β-amino-alcohol motifs (C(OH)–C–C–N with tert-alkyl or cyclic N) is 1. The highest BCUT2D eigenvalue weighted by molar-refractivity contribution is 4.80. The second kappa shape index (κ2) is 5.28. The van der Waals surface area contributed by atoms with Gasteiger partial charge in [-0.2, -0.15) is 0 Å². The number of nitrogens with zero attached hydrogens (tertiary/aromatic N) is 1. The minimum Gasteiger partial charge on any atom is -0.391 e. The van der Waals surface area contributed by atoms with Crippen LogP contribution in [0.1, 0.15) is 26.2 Å². The molecule has 2 rings (SSSR count). The van der Waals surface area contributed by atoms with Crippen LogP contribution < -0.4 is 0 Å². The maximum atomic E-state index is 10.0. The number of rotatable bonds is 4. The first-order valence-electron chi connectivity index (χ1n) is 6.27. The third kappa shape index (κ3) is 2.92. The topological polar surface area (TPSA) is 32.7 Å². The van der Waals surface area contributed by atoms with E-state index < -0.39 is 0 Å². The van der Waals surface area contributed by atoms with Gasteiger partial charge in [-0.3, -0.25) is 0 Å². The molecule has 2 heterocycles. The van der Waals surface area contributed by atoms with E-state index in [1.807, 2.05) is 0 Å². The Labute approximate surface area is 92.4 Å². The van der Waals surface area contributed by atoms with Crippen molar-refractivity contribution in [1.29, 1.82) is 0 Å². The normalized spacial score (nSPS) is 34.8. The predicted molar refractivity (Wildman–Crippen MR) is 59.8 cm³/mol. The van der Waals surface area contributed by atoms with Crippen molar-refractivity contribution >= 4 is 0 Å². The van der Waals surface area contributed by atoms with Crippen molar-refractivity contribution in [3.8, 4) is 0 Å². The summed E-state index contributed by atoms with van der Waals surface area (Å²) in [6, 6.07) is 0. The summed E-state index contributed by atoms with van der Waals surface area (Å²) >= 11 is 0. The summed E-state index contributed by atoms with van der Waals surface area (Å²) < 4.78 is 5.31. The van der Waals surface area contributed by atoms with E-state index in [-0.39, 0.29) is 6.10 Å². The van der Waals surface area contributed by atoms with E-state index in [1.54, 1.807) is 0 Å². The standard InChI is InChI=1S/C12H23NO2/c1-2-10-3-5-13(7-10)8-12(14)11-4-6-15-9-11/h10-12,14H,2-9H2,1H3. The first kappa shape index (κ1) is 11.4. The van der Waals surface area contributed by atoms with Gasteiger partial charge in [-0.15, -0.1) is 0 Å². The fourth-order valence-electron chi connectivity index (χ4n) is 2.68. The van der Waals surface area contributed by atoms with Crippen LogP contribution in [0.2, 0.25) is 0 Å². The Balaban J connectivity index is 1.72. The van der Waals surface area contributed by atoms with Gasteiger partial charge in [-0.1, -0.05) is 13.3 Å². The van der Waals surface area contributed by atoms with Crippen LogP contribution in [0.3, 0.4) is 0 Å². The lowest BCUT2D eigenvalue weighted by molar-refractivity contribution is 0.0617. The fraction of sp³-hybridized carbons (Fsp3) is 1.00. The van der Waals surface area contributed by atoms with Gasteiger partial charge in [0.05, 0.1) is 12.7 Å². The number of ether oxygens (including phenoxy) is 1. The molecule has 2 saturated heterocycles. The smallest absolute Gasteiger partial charge is 0.0718 e. The van der Waals surface area contributed by atoms with Gasteiger partial charge in [0.25, 0.3) is 0 Å². The minimum atomic E-state index is -0.178. The predicted octanol–water partition coefficient (Wildman–Crippen LogP) is 1.12. The molecule has 2 aliphatic heterocycles. The molecule has 2 fully saturated rings. The molecule has 3 atom stereocenters. The van der Waals surface area contributed by atoms with Gasteiger partial charge >= 0.3 is 0 Å². The van der Waals surface area contributed by atoms with Gasteiger partial charge in [-0.05, 0) is 25.3 Å². The van der Waals surface area contributed by atoms with Crippen molar-refractivity contribution in [3.63, 3.8) is 0 Å². The van der Waals surface area contributed by atoms with Crippen LogP contribution in [0.15, 0.2) is 0 Å². The maximum absolute atomic E-state index is 10.0. The Bertz CT molecular complexity index is 192. The van der Waals surface area contributed by atoms with Crippen LogP contribution in [0.5, 0.6) is 0 Å². The van der Waals surface area contributed by atoms with E-state index in [1.165, 1.54) is 25.9 Å². The largest absolute Gasteiger partial charge is 0.391 e. The number of aliphatic hydroxyl groups is 1. The van der Waals surface area contributed by atoms with Crippen molar-refractivity contribution in [2.45, 2.75) is 32.3 Å². The van der Waals surface area contributed by atoms with Crippen LogP contribution in [-0.4, -0.2) is 49.0 Å². The third-order valence-corrected chi connectivity index (χ3v) is 3.90. The summed E-state index contributed by atoms with van der Waals surface area (Å²) in [7, 11) is 0. The zero-order chi connectivity index (χ0) is 10.7. The molecule has 88 valence electrons. The molecule has 0 aliphatic carbocycles. The molecule has 3 nitrogen and oxygen atoms in total. The van der Waals surface area contributed by atoms with Crippen LogP contribution in [0, 0.1) is 11.8 Å². The number of hydrogen-bond donors (Lipinski definition) is 1. The molecular formula is C12H23NO2. The molecule has 0 bridgehead atoms. The summed E-state index contributed by atoms with van der Waals surface area (Å²) in [5, 5.41) is 10.0. The molecule has 0 spiro atoms. The summed E-state index contributed by atoms with van der Waals surface area (Å²) in [4.78, 5) is 2.41. The molecule has 15 heavy (non-hydrogen) atoms. The van der Waals surface area contributed by atoms with Gasteiger partial charge in [-0.25, -0.2) is 0 Å². The van der Waals surface area contributed by atoms with E-state index in [9.17, 15) is 5.11 Å². The average molecular weight is 213 g/mol. The Morgan fingerprint density at radius 2 is 2.33 bits per heavy atom. The Morgan fingerprint density at radius 1 is 1.47 bits per heavy atom. The third-order valence-electron chi connectivity index (χ3n) is 3.90. The van der Waals surface area contributed by atoms with Crippen LogP contribution in [-0.2, 0) is 4.74 Å². The van der Waals surface area contributed by atoms with Gasteiger partial charge in [0, 0.05) is 25.6 Å². The summed E-state index contributed by atoms with van der Waals surface area (Å²) in [6.45, 7) is 7.05. The number of aliphatic hydroxyl groups excluding tert-OH is 1. The van der Waals surface area contributed by atoms with Crippen molar-refractivity contribution in [1.82, 2.24) is 4.90 Å². The van der Waals surface area contributed by atoms with Crippen molar-refractivity contribution in [2.75, 3.05) is 32.8 Å². The number of hydrogen-bond acceptors (Lipinski definition) is 3. The van der Waals surface area contributed by atoms with Crippen molar-refractivity contribution < 1.29 is 9.84 Å². The zero-order valence-electron chi connectivity index (χ0n) is 9.69. The molecule has 0 saturated carbocycles. The quantitative estimate of drug-likeness (QED) is 0.759. The van der Waals surface area contributed by atoms with E-state index in [4.69, 9.17) is 4.74 Å². The van der Waals surface area contributed by atoms with E-state index in [0.717, 1.165) is 32.1 Å². The molecule has 1 N–H and O–H groups in total. The molecule has 0 radical (unpaired) electrons. The van der Waals surface area contributed by atoms with E-state index in [0.29, 0.717) is 5.92 Å². The molecule has 0 aromatic rings. The second-order valence-electron chi connectivity index (χ2n) is 5.01. The molecule has 3 unspecified atom stereocenters. The van der Waals surface area contributed by atoms with Crippen LogP contribution in [0.25, 0.3) is 0 Å². The van der Waals surface area contributed by atoms with E-state index in [2.05, 4.69) is 11.8 Å². The summed E-state index contributed by atoms with van der Waals surface area (Å²) in [5.74, 6) is 1.24. The molecular weight excluding hydrogens is 190 g/mol. The Morgan fingerprint density at radius 3 is 2.93 bits per heavy atom. The van der Waals surface area contributed by atoms with E-state index >= 15 is 0 Å². The lowest BCUT2D eigenvalue weighted by Crippen LogP contribution is -2.35. The lowest BCUT2D eigenvalue weighted by Gasteiger charge is -2.23. The van der Waals surface area contributed by atoms with Crippen LogP contribution in [0.4, 0.5) is 0 Å².